The second-order valence-electron chi connectivity index (χ2n) is 4.92. The molecule has 0 radical (unpaired) electrons. The molecule has 23 heavy (non-hydrogen) atoms. The highest BCUT2D eigenvalue weighted by Crippen LogP contribution is 2.18. The fraction of sp³-hybridized carbons (Fsp3) is 0.200. The highest BCUT2D eigenvalue weighted by molar-refractivity contribution is 6.29. The molecule has 8 heteroatoms. The molecule has 7 nitrogen and oxygen atoms in total. The minimum absolute atomic E-state index is 0.0839. The number of pyridine rings is 1. The van der Waals surface area contributed by atoms with Crippen molar-refractivity contribution in [1.82, 2.24) is 9.88 Å². The molecular formula is C15H13ClN4O3. The number of halogens is 1. The predicted octanol–water partition coefficient (Wildman–Crippen LogP) is 2.86. The molecule has 3 heterocycles. The molecule has 1 aliphatic rings. The van der Waals surface area contributed by atoms with E-state index in [9.17, 15) is 10.1 Å². The summed E-state index contributed by atoms with van der Waals surface area (Å²) in [7, 11) is 0. The number of hydrogen-bond acceptors (Lipinski definition) is 6. The van der Waals surface area contributed by atoms with E-state index in [0.29, 0.717) is 36.4 Å². The van der Waals surface area contributed by atoms with Crippen LogP contribution in [0, 0.1) is 10.1 Å². The summed E-state index contributed by atoms with van der Waals surface area (Å²) in [5.74, 6) is 0.765. The van der Waals surface area contributed by atoms with Gasteiger partial charge in [-0.2, -0.15) is 0 Å². The Morgan fingerprint density at radius 3 is 3.00 bits per heavy atom. The molecule has 0 fully saturated rings. The van der Waals surface area contributed by atoms with Gasteiger partial charge in [-0.25, -0.2) is 4.98 Å². The van der Waals surface area contributed by atoms with Crippen LogP contribution in [0.1, 0.15) is 11.3 Å². The van der Waals surface area contributed by atoms with E-state index in [0.717, 1.165) is 5.56 Å². The van der Waals surface area contributed by atoms with Crippen molar-refractivity contribution in [2.75, 3.05) is 13.1 Å². The average molecular weight is 333 g/mol. The summed E-state index contributed by atoms with van der Waals surface area (Å²) in [5.41, 5.74) is 0.823. The Bertz CT molecular complexity index is 754. The zero-order valence-corrected chi connectivity index (χ0v) is 12.8. The summed E-state index contributed by atoms with van der Waals surface area (Å²) in [6, 6.07) is 6.87. The second kappa shape index (κ2) is 6.62. The Morgan fingerprint density at radius 2 is 2.35 bits per heavy atom. The fourth-order valence-electron chi connectivity index (χ4n) is 2.31. The topological polar surface area (TPSA) is 84.8 Å². The lowest BCUT2D eigenvalue weighted by Crippen LogP contribution is -2.30. The molecule has 2 aromatic rings. The van der Waals surface area contributed by atoms with Crippen LogP contribution in [0.5, 0.6) is 0 Å². The third-order valence-corrected chi connectivity index (χ3v) is 3.56. The van der Waals surface area contributed by atoms with Crippen molar-refractivity contribution in [3.05, 3.63) is 69.0 Å². The molecule has 0 unspecified atom stereocenters. The van der Waals surface area contributed by atoms with E-state index in [1.165, 1.54) is 12.3 Å². The van der Waals surface area contributed by atoms with E-state index in [1.807, 2.05) is 11.0 Å². The molecular weight excluding hydrogens is 320 g/mol. The van der Waals surface area contributed by atoms with Crippen LogP contribution in [-0.2, 0) is 6.54 Å². The molecule has 0 aliphatic carbocycles. The Morgan fingerprint density at radius 1 is 1.48 bits per heavy atom. The van der Waals surface area contributed by atoms with Gasteiger partial charge in [-0.15, -0.1) is 0 Å². The molecule has 1 aliphatic heterocycles. The maximum atomic E-state index is 11.4. The lowest BCUT2D eigenvalue weighted by molar-refractivity contribution is -0.414. The smallest absolute Gasteiger partial charge is 0.314 e. The summed E-state index contributed by atoms with van der Waals surface area (Å²) in [5, 5.41) is 11.8. The Hall–Kier alpha value is -2.67. The zero-order chi connectivity index (χ0) is 16.2. The van der Waals surface area contributed by atoms with Gasteiger partial charge in [0, 0.05) is 19.3 Å². The van der Waals surface area contributed by atoms with Crippen LogP contribution in [0.15, 0.2) is 51.8 Å². The van der Waals surface area contributed by atoms with E-state index in [-0.39, 0.29) is 5.70 Å². The van der Waals surface area contributed by atoms with E-state index in [2.05, 4.69) is 9.98 Å². The van der Waals surface area contributed by atoms with Gasteiger partial charge in [-0.1, -0.05) is 17.7 Å². The van der Waals surface area contributed by atoms with Gasteiger partial charge in [-0.05, 0) is 23.8 Å². The van der Waals surface area contributed by atoms with E-state index < -0.39 is 4.92 Å². The summed E-state index contributed by atoms with van der Waals surface area (Å²) in [6.07, 6.45) is 4.51. The highest BCUT2D eigenvalue weighted by atomic mass is 35.5. The SMILES string of the molecule is O=[N+]([O-])/C(=C\c1ccco1)C1=NCCN1Cc1ccc(Cl)nc1. The van der Waals surface area contributed by atoms with Crippen molar-refractivity contribution in [3.8, 4) is 0 Å². The van der Waals surface area contributed by atoms with Gasteiger partial charge < -0.3 is 9.32 Å². The van der Waals surface area contributed by atoms with Crippen LogP contribution in [0.3, 0.4) is 0 Å². The molecule has 0 bridgehead atoms. The van der Waals surface area contributed by atoms with Crippen molar-refractivity contribution < 1.29 is 9.34 Å². The summed E-state index contributed by atoms with van der Waals surface area (Å²) < 4.78 is 5.16. The monoisotopic (exact) mass is 332 g/mol. The zero-order valence-electron chi connectivity index (χ0n) is 12.1. The van der Waals surface area contributed by atoms with Gasteiger partial charge >= 0.3 is 5.70 Å². The number of nitro groups is 1. The van der Waals surface area contributed by atoms with Crippen molar-refractivity contribution >= 4 is 23.5 Å². The number of hydrogen-bond donors (Lipinski definition) is 0. The van der Waals surface area contributed by atoms with Crippen LogP contribution in [0.4, 0.5) is 0 Å². The largest absolute Gasteiger partial charge is 0.465 e. The molecule has 3 rings (SSSR count). The van der Waals surface area contributed by atoms with Crippen LogP contribution < -0.4 is 0 Å². The van der Waals surface area contributed by atoms with Crippen molar-refractivity contribution in [2.24, 2.45) is 4.99 Å². The molecule has 2 aromatic heterocycles. The van der Waals surface area contributed by atoms with Crippen molar-refractivity contribution in [3.63, 3.8) is 0 Å². The van der Waals surface area contributed by atoms with Crippen LogP contribution in [0.25, 0.3) is 6.08 Å². The molecule has 0 N–H and O–H groups in total. The molecule has 0 saturated carbocycles. The molecule has 0 atom stereocenters. The fourth-order valence-corrected chi connectivity index (χ4v) is 2.42. The molecule has 0 aromatic carbocycles. The Balaban J connectivity index is 1.84. The summed E-state index contributed by atoms with van der Waals surface area (Å²) in [6.45, 7) is 1.60. The van der Waals surface area contributed by atoms with Gasteiger partial charge in [0.05, 0.1) is 23.8 Å². The van der Waals surface area contributed by atoms with Crippen molar-refractivity contribution in [1.29, 1.82) is 0 Å². The number of nitrogens with zero attached hydrogens (tertiary/aromatic N) is 4. The van der Waals surface area contributed by atoms with Crippen LogP contribution >= 0.6 is 11.6 Å². The molecule has 118 valence electrons. The van der Waals surface area contributed by atoms with Gasteiger partial charge in [0.15, 0.2) is 0 Å². The number of rotatable bonds is 5. The van der Waals surface area contributed by atoms with Crippen molar-refractivity contribution in [2.45, 2.75) is 6.54 Å². The summed E-state index contributed by atoms with van der Waals surface area (Å²) >= 11 is 5.77. The normalized spacial score (nSPS) is 14.9. The third kappa shape index (κ3) is 3.57. The Kier molecular flexibility index (Phi) is 4.38. The maximum Gasteiger partial charge on any atom is 0.314 e. The first kappa shape index (κ1) is 15.2. The third-order valence-electron chi connectivity index (χ3n) is 3.34. The maximum absolute atomic E-state index is 11.4. The number of aromatic nitrogens is 1. The lowest BCUT2D eigenvalue weighted by Gasteiger charge is -2.18. The number of amidine groups is 1. The first-order valence-electron chi connectivity index (χ1n) is 6.93. The van der Waals surface area contributed by atoms with Gasteiger partial charge in [0.25, 0.3) is 0 Å². The molecule has 0 saturated heterocycles. The Labute approximate surface area is 137 Å². The predicted molar refractivity (Wildman–Crippen MR) is 85.6 cm³/mol. The quantitative estimate of drug-likeness (QED) is 0.477. The second-order valence-corrected chi connectivity index (χ2v) is 5.31. The lowest BCUT2D eigenvalue weighted by atomic mass is 10.2. The number of aliphatic imine (C=N–C) groups is 1. The van der Waals surface area contributed by atoms with Crippen LogP contribution in [0.2, 0.25) is 5.15 Å². The van der Waals surface area contributed by atoms with Crippen LogP contribution in [-0.4, -0.2) is 33.7 Å². The average Bonchev–Trinajstić information content (AvgIpc) is 3.18. The molecule has 0 amide bonds. The van der Waals surface area contributed by atoms with E-state index >= 15 is 0 Å². The minimum atomic E-state index is -0.445. The summed E-state index contributed by atoms with van der Waals surface area (Å²) in [4.78, 5) is 21.1. The first-order valence-corrected chi connectivity index (χ1v) is 7.31. The minimum Gasteiger partial charge on any atom is -0.465 e. The molecule has 0 spiro atoms. The van der Waals surface area contributed by atoms with Gasteiger partial charge in [0.1, 0.15) is 10.9 Å². The highest BCUT2D eigenvalue weighted by Gasteiger charge is 2.29. The van der Waals surface area contributed by atoms with Gasteiger partial charge in [0.2, 0.25) is 5.84 Å². The van der Waals surface area contributed by atoms with E-state index in [1.54, 1.807) is 24.4 Å². The van der Waals surface area contributed by atoms with Gasteiger partial charge in [-0.3, -0.25) is 15.1 Å². The first-order chi connectivity index (χ1) is 11.1. The van der Waals surface area contributed by atoms with E-state index in [4.69, 9.17) is 16.0 Å². The number of furan rings is 1. The standard InChI is InChI=1S/C15H13ClN4O3/c16-14-4-3-11(9-18-14)10-19-6-5-17-15(19)13(20(21)22)8-12-2-1-7-23-12/h1-4,7-9H,5-6,10H2/b13-8-.